The Labute approximate surface area is 150 Å². The van der Waals surface area contributed by atoms with Crippen molar-refractivity contribution in [2.24, 2.45) is 5.16 Å². The molecule has 0 atom stereocenters. The number of halogens is 2. The summed E-state index contributed by atoms with van der Waals surface area (Å²) in [6.07, 6.45) is 0. The zero-order valence-electron chi connectivity index (χ0n) is 12.8. The monoisotopic (exact) mass is 405 g/mol. The van der Waals surface area contributed by atoms with E-state index >= 15 is 0 Å². The molecule has 9 heteroatoms. The molecule has 0 fully saturated rings. The molecule has 2 aromatic carbocycles. The van der Waals surface area contributed by atoms with E-state index in [1.54, 1.807) is 0 Å². The van der Waals surface area contributed by atoms with Gasteiger partial charge in [0.1, 0.15) is 5.82 Å². The molecule has 128 valence electrons. The lowest BCUT2D eigenvalue weighted by Crippen LogP contribution is -2.16. The van der Waals surface area contributed by atoms with Gasteiger partial charge in [-0.3, -0.25) is 0 Å². The molecular formula is C16H13BrFN5O2. The minimum Gasteiger partial charge on any atom is -0.409 e. The third-order valence-corrected chi connectivity index (χ3v) is 3.91. The summed E-state index contributed by atoms with van der Waals surface area (Å²) in [5.41, 5.74) is 1.73. The number of oxime groups is 1. The number of nitrogens with zero attached hydrogens (tertiary/aromatic N) is 3. The summed E-state index contributed by atoms with van der Waals surface area (Å²) >= 11 is 3.10. The lowest BCUT2D eigenvalue weighted by molar-refractivity contribution is 0.305. The molecule has 0 aliphatic rings. The third-order valence-electron chi connectivity index (χ3n) is 3.30. The van der Waals surface area contributed by atoms with Gasteiger partial charge in [-0.15, -0.1) is 0 Å². The van der Waals surface area contributed by atoms with E-state index in [-0.39, 0.29) is 16.0 Å². The van der Waals surface area contributed by atoms with E-state index in [1.165, 1.54) is 18.2 Å². The first-order valence-electron chi connectivity index (χ1n) is 7.22. The van der Waals surface area contributed by atoms with E-state index in [2.05, 4.69) is 42.0 Å². The number of nitrogens with one attached hydrogen (secondary N) is 2. The molecule has 0 radical (unpaired) electrons. The lowest BCUT2D eigenvalue weighted by Gasteiger charge is -2.08. The Morgan fingerprint density at radius 3 is 2.72 bits per heavy atom. The molecule has 0 spiro atoms. The summed E-state index contributed by atoms with van der Waals surface area (Å²) in [5, 5.41) is 25.9. The van der Waals surface area contributed by atoms with Gasteiger partial charge < -0.3 is 15.8 Å². The van der Waals surface area contributed by atoms with Crippen LogP contribution in [0.4, 0.5) is 15.9 Å². The van der Waals surface area contributed by atoms with E-state index in [0.29, 0.717) is 18.1 Å². The summed E-state index contributed by atoms with van der Waals surface area (Å²) in [6, 6.07) is 14.0. The summed E-state index contributed by atoms with van der Waals surface area (Å²) in [4.78, 5) is 0. The van der Waals surface area contributed by atoms with E-state index in [9.17, 15) is 9.60 Å². The van der Waals surface area contributed by atoms with Crippen LogP contribution in [-0.2, 0) is 6.54 Å². The number of hydrogen-bond acceptors (Lipinski definition) is 6. The minimum atomic E-state index is -0.402. The van der Waals surface area contributed by atoms with Crippen LogP contribution < -0.4 is 10.6 Å². The molecule has 0 saturated heterocycles. The van der Waals surface area contributed by atoms with Gasteiger partial charge in [-0.2, -0.15) is 0 Å². The zero-order chi connectivity index (χ0) is 17.6. The summed E-state index contributed by atoms with van der Waals surface area (Å²) in [7, 11) is 0. The maximum Gasteiger partial charge on any atom is 0.203 e. The van der Waals surface area contributed by atoms with Gasteiger partial charge in [0.15, 0.2) is 5.69 Å². The van der Waals surface area contributed by atoms with Crippen LogP contribution in [0.3, 0.4) is 0 Å². The number of amidine groups is 1. The molecular weight excluding hydrogens is 393 g/mol. The van der Waals surface area contributed by atoms with Crippen LogP contribution in [0.5, 0.6) is 0 Å². The van der Waals surface area contributed by atoms with Crippen LogP contribution >= 0.6 is 15.9 Å². The van der Waals surface area contributed by atoms with Gasteiger partial charge in [0.2, 0.25) is 11.7 Å². The van der Waals surface area contributed by atoms with Crippen molar-refractivity contribution in [3.63, 3.8) is 0 Å². The van der Waals surface area contributed by atoms with Crippen LogP contribution in [0.1, 0.15) is 11.3 Å². The molecule has 0 saturated carbocycles. The standard InChI is InChI=1S/C16H13BrFN5O2/c17-12-8-11(6-7-13(12)18)20-16(21-24)14-15(23-25-22-14)19-9-10-4-2-1-3-5-10/h1-8,24H,9H2,(H,19,23)(H,20,21). The Morgan fingerprint density at radius 1 is 1.20 bits per heavy atom. The topological polar surface area (TPSA) is 95.6 Å². The van der Waals surface area contributed by atoms with Crippen LogP contribution in [0, 0.1) is 5.82 Å². The highest BCUT2D eigenvalue weighted by atomic mass is 79.9. The molecule has 0 amide bonds. The molecule has 0 aliphatic heterocycles. The highest BCUT2D eigenvalue weighted by Gasteiger charge is 2.18. The molecule has 7 nitrogen and oxygen atoms in total. The molecule has 3 rings (SSSR count). The first-order valence-corrected chi connectivity index (χ1v) is 8.01. The fourth-order valence-corrected chi connectivity index (χ4v) is 2.46. The van der Waals surface area contributed by atoms with Gasteiger partial charge in [-0.25, -0.2) is 9.02 Å². The third kappa shape index (κ3) is 4.13. The van der Waals surface area contributed by atoms with Crippen molar-refractivity contribution in [1.82, 2.24) is 10.3 Å². The normalized spacial score (nSPS) is 11.4. The average molecular weight is 406 g/mol. The van der Waals surface area contributed by atoms with Gasteiger partial charge in [0, 0.05) is 12.2 Å². The predicted octanol–water partition coefficient (Wildman–Crippen LogP) is 3.83. The van der Waals surface area contributed by atoms with Crippen molar-refractivity contribution in [2.45, 2.75) is 6.54 Å². The minimum absolute atomic E-state index is 0.00956. The van der Waals surface area contributed by atoms with E-state index in [4.69, 9.17) is 4.63 Å². The molecule has 25 heavy (non-hydrogen) atoms. The van der Waals surface area contributed by atoms with Crippen LogP contribution in [0.2, 0.25) is 0 Å². The van der Waals surface area contributed by atoms with Crippen molar-refractivity contribution < 1.29 is 14.2 Å². The quantitative estimate of drug-likeness (QED) is 0.258. The van der Waals surface area contributed by atoms with Crippen LogP contribution in [-0.4, -0.2) is 21.4 Å². The van der Waals surface area contributed by atoms with Crippen molar-refractivity contribution >= 4 is 33.3 Å². The highest BCUT2D eigenvalue weighted by molar-refractivity contribution is 9.10. The SMILES string of the molecule is O/N=C(\Nc1ccc(F)c(Br)c1)c1nonc1NCc1ccccc1. The first kappa shape index (κ1) is 16.9. The van der Waals surface area contributed by atoms with Gasteiger partial charge >= 0.3 is 0 Å². The number of anilines is 2. The Kier molecular flexibility index (Phi) is 5.24. The Bertz CT molecular complexity index is 885. The smallest absolute Gasteiger partial charge is 0.203 e. The van der Waals surface area contributed by atoms with Crippen molar-refractivity contribution in [3.05, 3.63) is 70.1 Å². The van der Waals surface area contributed by atoms with Crippen LogP contribution in [0.15, 0.2) is 62.8 Å². The average Bonchev–Trinajstić information content (AvgIpc) is 3.10. The molecule has 1 aromatic heterocycles. The summed E-state index contributed by atoms with van der Waals surface area (Å²) in [5.74, 6) is -0.0815. The highest BCUT2D eigenvalue weighted by Crippen LogP contribution is 2.21. The first-order chi connectivity index (χ1) is 12.2. The molecule has 0 unspecified atom stereocenters. The fraction of sp³-hybridized carbons (Fsp3) is 0.0625. The second-order valence-electron chi connectivity index (χ2n) is 5.00. The van der Waals surface area contributed by atoms with Gasteiger partial charge in [0.05, 0.1) is 4.47 Å². The molecule has 0 bridgehead atoms. The number of hydrogen-bond donors (Lipinski definition) is 3. The molecule has 3 aromatic rings. The van der Waals surface area contributed by atoms with Crippen molar-refractivity contribution in [3.8, 4) is 0 Å². The molecule has 1 heterocycles. The second kappa shape index (κ2) is 7.75. The predicted molar refractivity (Wildman–Crippen MR) is 94.1 cm³/mol. The number of aromatic nitrogens is 2. The Morgan fingerprint density at radius 2 is 2.00 bits per heavy atom. The van der Waals surface area contributed by atoms with Gasteiger partial charge in [-0.05, 0) is 50.0 Å². The zero-order valence-corrected chi connectivity index (χ0v) is 14.4. The van der Waals surface area contributed by atoms with Crippen molar-refractivity contribution in [1.29, 1.82) is 0 Å². The van der Waals surface area contributed by atoms with Crippen molar-refractivity contribution in [2.75, 3.05) is 10.6 Å². The molecule has 3 N–H and O–H groups in total. The van der Waals surface area contributed by atoms with E-state index in [1.807, 2.05) is 30.3 Å². The lowest BCUT2D eigenvalue weighted by atomic mass is 10.2. The maximum atomic E-state index is 13.3. The van der Waals surface area contributed by atoms with E-state index in [0.717, 1.165) is 5.56 Å². The maximum absolute atomic E-state index is 13.3. The summed E-state index contributed by atoms with van der Waals surface area (Å²) in [6.45, 7) is 0.489. The fourth-order valence-electron chi connectivity index (χ4n) is 2.08. The largest absolute Gasteiger partial charge is 0.409 e. The van der Waals surface area contributed by atoms with Crippen LogP contribution in [0.25, 0.3) is 0 Å². The summed E-state index contributed by atoms with van der Waals surface area (Å²) < 4.78 is 18.3. The van der Waals surface area contributed by atoms with E-state index < -0.39 is 5.82 Å². The Balaban J connectivity index is 1.75. The van der Waals surface area contributed by atoms with Gasteiger partial charge in [-0.1, -0.05) is 35.5 Å². The Hall–Kier alpha value is -2.94. The number of rotatable bonds is 5. The second-order valence-corrected chi connectivity index (χ2v) is 5.86. The number of benzene rings is 2. The van der Waals surface area contributed by atoms with Gasteiger partial charge in [0.25, 0.3) is 0 Å². The molecule has 0 aliphatic carbocycles.